The number of hydrogen-bond donors (Lipinski definition) is 2. The van der Waals surface area contributed by atoms with Crippen molar-refractivity contribution < 1.29 is 13.2 Å². The number of methoxy groups -OCH3 is 1. The van der Waals surface area contributed by atoms with E-state index in [1.807, 2.05) is 13.8 Å². The Hall–Kier alpha value is -3.49. The van der Waals surface area contributed by atoms with Crippen LogP contribution >= 0.6 is 0 Å². The molecule has 0 spiro atoms. The van der Waals surface area contributed by atoms with Crippen molar-refractivity contribution in [3.8, 4) is 23.2 Å². The molecule has 0 atom stereocenters. The standard InChI is InChI=1S/C23H27N7O3S/c1-15(2)20-21(24)16(6-4-5-11-33-3)12-26-23(20)29-19-9-10-25-22(28-19)17-13-27-30(14-17)34(31,32)18-7-8-18/h9-10,12-15,18H,5,7-8,11H2,1-3H3,(H3,24,25,26,28,29). The number of aromatic nitrogens is 5. The highest BCUT2D eigenvalue weighted by Crippen LogP contribution is 2.33. The molecule has 0 unspecified atom stereocenters. The fourth-order valence-corrected chi connectivity index (χ4v) is 4.88. The van der Waals surface area contributed by atoms with Gasteiger partial charge in [0.2, 0.25) is 0 Å². The van der Waals surface area contributed by atoms with Crippen LogP contribution in [0, 0.1) is 11.8 Å². The molecule has 0 saturated heterocycles. The molecule has 0 aromatic carbocycles. The summed E-state index contributed by atoms with van der Waals surface area (Å²) in [6.45, 7) is 4.61. The fraction of sp³-hybridized carbons (Fsp3) is 0.391. The van der Waals surface area contributed by atoms with Crippen LogP contribution in [0.25, 0.3) is 11.4 Å². The Bertz CT molecular complexity index is 1350. The van der Waals surface area contributed by atoms with Crippen molar-refractivity contribution in [3.63, 3.8) is 0 Å². The average Bonchev–Trinajstić information content (AvgIpc) is 3.55. The number of pyridine rings is 1. The molecule has 3 aromatic heterocycles. The van der Waals surface area contributed by atoms with E-state index < -0.39 is 10.0 Å². The number of nitrogens with zero attached hydrogens (tertiary/aromatic N) is 5. The van der Waals surface area contributed by atoms with Crippen LogP contribution in [0.15, 0.2) is 30.9 Å². The predicted molar refractivity (Wildman–Crippen MR) is 130 cm³/mol. The normalized spacial score (nSPS) is 13.5. The third-order valence-corrected chi connectivity index (χ3v) is 7.35. The summed E-state index contributed by atoms with van der Waals surface area (Å²) < 4.78 is 30.9. The summed E-state index contributed by atoms with van der Waals surface area (Å²) in [5.41, 5.74) is 9.01. The van der Waals surface area contributed by atoms with Gasteiger partial charge in [-0.3, -0.25) is 0 Å². The van der Waals surface area contributed by atoms with E-state index in [4.69, 9.17) is 10.5 Å². The molecule has 34 heavy (non-hydrogen) atoms. The molecule has 0 bridgehead atoms. The summed E-state index contributed by atoms with van der Waals surface area (Å²) in [6, 6.07) is 1.70. The number of ether oxygens (including phenoxy) is 1. The maximum absolute atomic E-state index is 12.4. The van der Waals surface area contributed by atoms with Gasteiger partial charge in [-0.05, 0) is 24.8 Å². The van der Waals surface area contributed by atoms with Crippen molar-refractivity contribution in [2.45, 2.75) is 44.3 Å². The number of rotatable bonds is 8. The number of hydrogen-bond acceptors (Lipinski definition) is 9. The highest BCUT2D eigenvalue weighted by atomic mass is 32.2. The number of anilines is 3. The first-order valence-corrected chi connectivity index (χ1v) is 12.5. The maximum atomic E-state index is 12.4. The molecule has 0 aliphatic heterocycles. The second kappa shape index (κ2) is 9.79. The minimum Gasteiger partial charge on any atom is -0.397 e. The smallest absolute Gasteiger partial charge is 0.256 e. The third-order valence-electron chi connectivity index (χ3n) is 5.32. The average molecular weight is 482 g/mol. The summed E-state index contributed by atoms with van der Waals surface area (Å²) in [6.07, 6.45) is 8.06. The zero-order chi connectivity index (χ0) is 24.3. The van der Waals surface area contributed by atoms with E-state index in [-0.39, 0.29) is 11.2 Å². The molecule has 1 saturated carbocycles. The predicted octanol–water partition coefficient (Wildman–Crippen LogP) is 2.91. The summed E-state index contributed by atoms with van der Waals surface area (Å²) in [5.74, 6) is 7.61. The van der Waals surface area contributed by atoms with Gasteiger partial charge >= 0.3 is 0 Å². The molecular weight excluding hydrogens is 454 g/mol. The van der Waals surface area contributed by atoms with Crippen LogP contribution in [-0.4, -0.2) is 51.5 Å². The molecular formula is C23H27N7O3S. The van der Waals surface area contributed by atoms with E-state index in [0.717, 1.165) is 9.65 Å². The van der Waals surface area contributed by atoms with Gasteiger partial charge in [-0.15, -0.1) is 0 Å². The molecule has 11 heteroatoms. The molecule has 3 heterocycles. The Balaban J connectivity index is 1.60. The Morgan fingerprint density at radius 1 is 1.29 bits per heavy atom. The van der Waals surface area contributed by atoms with E-state index in [2.05, 4.69) is 37.2 Å². The number of nitrogens with one attached hydrogen (secondary N) is 1. The van der Waals surface area contributed by atoms with E-state index in [0.29, 0.717) is 60.1 Å². The van der Waals surface area contributed by atoms with Gasteiger partial charge in [0.15, 0.2) is 5.82 Å². The lowest BCUT2D eigenvalue weighted by Gasteiger charge is -2.17. The zero-order valence-electron chi connectivity index (χ0n) is 19.3. The van der Waals surface area contributed by atoms with Gasteiger partial charge in [0.1, 0.15) is 11.6 Å². The summed E-state index contributed by atoms with van der Waals surface area (Å²) in [7, 11) is -1.82. The van der Waals surface area contributed by atoms with Crippen LogP contribution < -0.4 is 11.1 Å². The molecule has 3 aromatic rings. The zero-order valence-corrected chi connectivity index (χ0v) is 20.1. The minimum atomic E-state index is -3.45. The van der Waals surface area contributed by atoms with Gasteiger partial charge < -0.3 is 15.8 Å². The van der Waals surface area contributed by atoms with Gasteiger partial charge in [0.05, 0.1) is 41.1 Å². The lowest BCUT2D eigenvalue weighted by Crippen LogP contribution is -2.17. The van der Waals surface area contributed by atoms with E-state index >= 15 is 0 Å². The van der Waals surface area contributed by atoms with E-state index in [1.165, 1.54) is 12.4 Å². The molecule has 0 radical (unpaired) electrons. The van der Waals surface area contributed by atoms with Crippen LogP contribution in [0.1, 0.15) is 50.2 Å². The molecule has 0 amide bonds. The summed E-state index contributed by atoms with van der Waals surface area (Å²) in [5, 5.41) is 6.88. The molecule has 1 aliphatic rings. The van der Waals surface area contributed by atoms with Gasteiger partial charge in [-0.25, -0.2) is 23.4 Å². The number of nitrogen functional groups attached to an aromatic ring is 1. The molecule has 4 rings (SSSR count). The van der Waals surface area contributed by atoms with Crippen LogP contribution in [0.2, 0.25) is 0 Å². The molecule has 1 fully saturated rings. The van der Waals surface area contributed by atoms with Crippen LogP contribution in [0.4, 0.5) is 17.3 Å². The van der Waals surface area contributed by atoms with Gasteiger partial charge in [0, 0.05) is 31.5 Å². The van der Waals surface area contributed by atoms with Gasteiger partial charge in [0.25, 0.3) is 10.0 Å². The largest absolute Gasteiger partial charge is 0.397 e. The topological polar surface area (TPSA) is 138 Å². The molecule has 1 aliphatic carbocycles. The van der Waals surface area contributed by atoms with Crippen LogP contribution in [0.5, 0.6) is 0 Å². The Morgan fingerprint density at radius 2 is 2.09 bits per heavy atom. The van der Waals surface area contributed by atoms with Crippen molar-refractivity contribution in [1.82, 2.24) is 24.1 Å². The first kappa shape index (κ1) is 23.7. The highest BCUT2D eigenvalue weighted by Gasteiger charge is 2.37. The van der Waals surface area contributed by atoms with Crippen molar-refractivity contribution in [2.75, 3.05) is 24.8 Å². The van der Waals surface area contributed by atoms with E-state index in [1.54, 1.807) is 25.6 Å². The van der Waals surface area contributed by atoms with Crippen LogP contribution in [0.3, 0.4) is 0 Å². The quantitative estimate of drug-likeness (QED) is 0.367. The first-order chi connectivity index (χ1) is 16.3. The van der Waals surface area contributed by atoms with Crippen molar-refractivity contribution in [2.24, 2.45) is 0 Å². The van der Waals surface area contributed by atoms with Crippen molar-refractivity contribution in [1.29, 1.82) is 0 Å². The highest BCUT2D eigenvalue weighted by molar-refractivity contribution is 7.90. The van der Waals surface area contributed by atoms with E-state index in [9.17, 15) is 8.42 Å². The summed E-state index contributed by atoms with van der Waals surface area (Å²) >= 11 is 0. The molecule has 10 nitrogen and oxygen atoms in total. The molecule has 178 valence electrons. The van der Waals surface area contributed by atoms with Gasteiger partial charge in [-0.2, -0.15) is 9.19 Å². The lowest BCUT2D eigenvalue weighted by molar-refractivity contribution is 0.206. The lowest BCUT2D eigenvalue weighted by atomic mass is 9.99. The molecule has 3 N–H and O–H groups in total. The number of nitrogens with two attached hydrogens (primary N) is 1. The van der Waals surface area contributed by atoms with Crippen molar-refractivity contribution in [3.05, 3.63) is 42.0 Å². The Labute approximate surface area is 199 Å². The Morgan fingerprint density at radius 3 is 2.79 bits per heavy atom. The first-order valence-electron chi connectivity index (χ1n) is 11.0. The monoisotopic (exact) mass is 481 g/mol. The maximum Gasteiger partial charge on any atom is 0.256 e. The SMILES string of the molecule is COCCC#Cc1cnc(Nc2ccnc(-c3cnn(S(=O)(=O)C4CC4)c3)n2)c(C(C)C)c1N. The van der Waals surface area contributed by atoms with Gasteiger partial charge in [-0.1, -0.05) is 25.7 Å². The second-order valence-electron chi connectivity index (χ2n) is 8.28. The second-order valence-corrected chi connectivity index (χ2v) is 10.4. The third kappa shape index (κ3) is 5.03. The fourth-order valence-electron chi connectivity index (χ4n) is 3.40. The van der Waals surface area contributed by atoms with Crippen LogP contribution in [-0.2, 0) is 14.8 Å². The minimum absolute atomic E-state index is 0.0860. The summed E-state index contributed by atoms with van der Waals surface area (Å²) in [4.78, 5) is 13.3. The Kier molecular flexibility index (Phi) is 6.81. The van der Waals surface area contributed by atoms with Crippen molar-refractivity contribution >= 4 is 27.3 Å².